The van der Waals surface area contributed by atoms with Crippen LogP contribution >= 0.6 is 15.9 Å². The van der Waals surface area contributed by atoms with E-state index in [-0.39, 0.29) is 12.5 Å². The maximum absolute atomic E-state index is 11.8. The maximum Gasteiger partial charge on any atom is 0.262 e. The van der Waals surface area contributed by atoms with E-state index in [1.807, 2.05) is 0 Å². The number of halogens is 1. The molecular weight excluding hydrogens is 350 g/mol. The molecule has 0 heterocycles. The molecule has 0 aromatic heterocycles. The molecule has 0 aliphatic carbocycles. The number of aldehydes is 1. The normalized spacial score (nSPS) is 9.91. The number of anilines is 1. The summed E-state index contributed by atoms with van der Waals surface area (Å²) in [6.45, 7) is -0.186. The predicted octanol–water partition coefficient (Wildman–Crippen LogP) is 3.29. The fourth-order valence-electron chi connectivity index (χ4n) is 1.76. The minimum Gasteiger partial charge on any atom is -0.497 e. The number of benzene rings is 2. The van der Waals surface area contributed by atoms with Gasteiger partial charge in [-0.2, -0.15) is 0 Å². The van der Waals surface area contributed by atoms with Gasteiger partial charge in [-0.1, -0.05) is 15.9 Å². The lowest BCUT2D eigenvalue weighted by Crippen LogP contribution is -2.20. The van der Waals surface area contributed by atoms with Crippen molar-refractivity contribution in [3.05, 3.63) is 52.5 Å². The van der Waals surface area contributed by atoms with E-state index in [0.29, 0.717) is 29.0 Å². The summed E-state index contributed by atoms with van der Waals surface area (Å²) in [5, 5.41) is 2.70. The van der Waals surface area contributed by atoms with Crippen LogP contribution in [0.2, 0.25) is 0 Å². The molecule has 0 atom stereocenters. The van der Waals surface area contributed by atoms with Gasteiger partial charge in [0, 0.05) is 10.2 Å². The summed E-state index contributed by atoms with van der Waals surface area (Å²) in [5.74, 6) is 0.757. The summed E-state index contributed by atoms with van der Waals surface area (Å²) in [6, 6.07) is 12.0. The Bertz CT molecular complexity index is 670. The second-order valence-corrected chi connectivity index (χ2v) is 5.28. The standard InChI is InChI=1S/C16H14BrNO4/c1-21-14-5-3-13(4-6-14)18-16(20)10-22-15-7-2-12(17)8-11(15)9-19/h2-9H,10H2,1H3,(H,18,20). The van der Waals surface area contributed by atoms with Gasteiger partial charge in [-0.05, 0) is 42.5 Å². The molecule has 0 aliphatic heterocycles. The van der Waals surface area contributed by atoms with Crippen LogP contribution in [0.4, 0.5) is 5.69 Å². The van der Waals surface area contributed by atoms with E-state index in [9.17, 15) is 9.59 Å². The van der Waals surface area contributed by atoms with E-state index in [1.165, 1.54) is 0 Å². The van der Waals surface area contributed by atoms with Crippen molar-refractivity contribution in [1.82, 2.24) is 0 Å². The Morgan fingerprint density at radius 1 is 1.23 bits per heavy atom. The number of rotatable bonds is 6. The largest absolute Gasteiger partial charge is 0.497 e. The molecule has 1 N–H and O–H groups in total. The minimum atomic E-state index is -0.315. The molecule has 0 saturated carbocycles. The Morgan fingerprint density at radius 3 is 2.59 bits per heavy atom. The van der Waals surface area contributed by atoms with Crippen LogP contribution in [0, 0.1) is 0 Å². The van der Waals surface area contributed by atoms with Crippen LogP contribution < -0.4 is 14.8 Å². The van der Waals surface area contributed by atoms with E-state index in [0.717, 1.165) is 4.47 Å². The molecule has 2 rings (SSSR count). The number of carbonyl (C=O) groups excluding carboxylic acids is 2. The zero-order valence-corrected chi connectivity index (χ0v) is 13.4. The van der Waals surface area contributed by atoms with Gasteiger partial charge < -0.3 is 14.8 Å². The van der Waals surface area contributed by atoms with Gasteiger partial charge in [0.2, 0.25) is 0 Å². The third-order valence-corrected chi connectivity index (χ3v) is 3.32. The molecule has 0 unspecified atom stereocenters. The van der Waals surface area contributed by atoms with E-state index in [2.05, 4.69) is 21.2 Å². The van der Waals surface area contributed by atoms with Crippen LogP contribution in [0.3, 0.4) is 0 Å². The van der Waals surface area contributed by atoms with E-state index >= 15 is 0 Å². The zero-order valence-electron chi connectivity index (χ0n) is 11.8. The highest BCUT2D eigenvalue weighted by atomic mass is 79.9. The van der Waals surface area contributed by atoms with Crippen molar-refractivity contribution in [1.29, 1.82) is 0 Å². The summed E-state index contributed by atoms with van der Waals surface area (Å²) < 4.78 is 11.2. The van der Waals surface area contributed by atoms with Crippen LogP contribution in [0.25, 0.3) is 0 Å². The highest BCUT2D eigenvalue weighted by Crippen LogP contribution is 2.21. The number of methoxy groups -OCH3 is 1. The lowest BCUT2D eigenvalue weighted by atomic mass is 10.2. The molecule has 0 spiro atoms. The summed E-state index contributed by atoms with van der Waals surface area (Å²) in [6.07, 6.45) is 0.682. The van der Waals surface area contributed by atoms with Crippen molar-refractivity contribution in [2.45, 2.75) is 0 Å². The van der Waals surface area contributed by atoms with Gasteiger partial charge in [-0.15, -0.1) is 0 Å². The monoisotopic (exact) mass is 363 g/mol. The van der Waals surface area contributed by atoms with Crippen molar-refractivity contribution in [3.8, 4) is 11.5 Å². The van der Waals surface area contributed by atoms with Crippen LogP contribution in [0.5, 0.6) is 11.5 Å². The Morgan fingerprint density at radius 2 is 1.95 bits per heavy atom. The molecular formula is C16H14BrNO4. The summed E-state index contributed by atoms with van der Waals surface area (Å²) in [5.41, 5.74) is 1.02. The molecule has 114 valence electrons. The molecule has 5 nitrogen and oxygen atoms in total. The molecule has 0 bridgehead atoms. The summed E-state index contributed by atoms with van der Waals surface area (Å²) in [7, 11) is 1.57. The minimum absolute atomic E-state index is 0.186. The molecule has 6 heteroatoms. The van der Waals surface area contributed by atoms with E-state index in [1.54, 1.807) is 49.6 Å². The lowest BCUT2D eigenvalue weighted by molar-refractivity contribution is -0.118. The molecule has 2 aromatic carbocycles. The van der Waals surface area contributed by atoms with Gasteiger partial charge in [-0.3, -0.25) is 9.59 Å². The van der Waals surface area contributed by atoms with Crippen molar-refractivity contribution in [2.24, 2.45) is 0 Å². The van der Waals surface area contributed by atoms with Crippen LogP contribution in [0.1, 0.15) is 10.4 Å². The van der Waals surface area contributed by atoms with Crippen LogP contribution in [-0.2, 0) is 4.79 Å². The molecule has 0 radical (unpaired) electrons. The first-order chi connectivity index (χ1) is 10.6. The Labute approximate surface area is 136 Å². The molecule has 1 amide bonds. The molecule has 0 aliphatic rings. The first kappa shape index (κ1) is 16.0. The first-order valence-electron chi connectivity index (χ1n) is 6.44. The lowest BCUT2D eigenvalue weighted by Gasteiger charge is -2.09. The molecule has 0 saturated heterocycles. The van der Waals surface area contributed by atoms with Crippen molar-refractivity contribution in [2.75, 3.05) is 19.0 Å². The topological polar surface area (TPSA) is 64.6 Å². The SMILES string of the molecule is COc1ccc(NC(=O)COc2ccc(Br)cc2C=O)cc1. The number of ether oxygens (including phenoxy) is 2. The fourth-order valence-corrected chi connectivity index (χ4v) is 2.14. The van der Waals surface area contributed by atoms with Gasteiger partial charge in [0.15, 0.2) is 12.9 Å². The second-order valence-electron chi connectivity index (χ2n) is 4.37. The smallest absolute Gasteiger partial charge is 0.262 e. The molecule has 2 aromatic rings. The maximum atomic E-state index is 11.8. The van der Waals surface area contributed by atoms with Crippen LogP contribution in [-0.4, -0.2) is 25.9 Å². The Kier molecular flexibility index (Phi) is 5.55. The zero-order chi connectivity index (χ0) is 15.9. The third-order valence-electron chi connectivity index (χ3n) is 2.83. The van der Waals surface area contributed by atoms with Gasteiger partial charge in [0.25, 0.3) is 5.91 Å². The number of nitrogens with one attached hydrogen (secondary N) is 1. The number of hydrogen-bond donors (Lipinski definition) is 1. The second kappa shape index (κ2) is 7.61. The highest BCUT2D eigenvalue weighted by Gasteiger charge is 2.08. The number of carbonyl (C=O) groups is 2. The fraction of sp³-hybridized carbons (Fsp3) is 0.125. The van der Waals surface area contributed by atoms with E-state index < -0.39 is 0 Å². The quantitative estimate of drug-likeness (QED) is 0.799. The molecule has 0 fully saturated rings. The highest BCUT2D eigenvalue weighted by molar-refractivity contribution is 9.10. The number of amides is 1. The number of hydrogen-bond acceptors (Lipinski definition) is 4. The van der Waals surface area contributed by atoms with Crippen molar-refractivity contribution in [3.63, 3.8) is 0 Å². The Balaban J connectivity index is 1.93. The van der Waals surface area contributed by atoms with Crippen molar-refractivity contribution >= 4 is 33.8 Å². The van der Waals surface area contributed by atoms with E-state index in [4.69, 9.17) is 9.47 Å². The van der Waals surface area contributed by atoms with Gasteiger partial charge in [-0.25, -0.2) is 0 Å². The Hall–Kier alpha value is -2.34. The average molecular weight is 364 g/mol. The first-order valence-corrected chi connectivity index (χ1v) is 7.23. The van der Waals surface area contributed by atoms with Gasteiger partial charge >= 0.3 is 0 Å². The van der Waals surface area contributed by atoms with Crippen LogP contribution in [0.15, 0.2) is 46.9 Å². The third kappa shape index (κ3) is 4.33. The average Bonchev–Trinajstić information content (AvgIpc) is 2.54. The predicted molar refractivity (Wildman–Crippen MR) is 86.6 cm³/mol. The van der Waals surface area contributed by atoms with Gasteiger partial charge in [0.05, 0.1) is 12.7 Å². The van der Waals surface area contributed by atoms with Crippen molar-refractivity contribution < 1.29 is 19.1 Å². The summed E-state index contributed by atoms with van der Waals surface area (Å²) in [4.78, 5) is 22.8. The summed E-state index contributed by atoms with van der Waals surface area (Å²) >= 11 is 3.27. The van der Waals surface area contributed by atoms with Gasteiger partial charge in [0.1, 0.15) is 11.5 Å². The molecule has 22 heavy (non-hydrogen) atoms.